The van der Waals surface area contributed by atoms with E-state index in [2.05, 4.69) is 10.6 Å². The van der Waals surface area contributed by atoms with Crippen LogP contribution in [0, 0.1) is 17.8 Å². The largest absolute Gasteiger partial charge is 0.394 e. The highest BCUT2D eigenvalue weighted by Crippen LogP contribution is 2.63. The third-order valence-corrected chi connectivity index (χ3v) is 7.64. The van der Waals surface area contributed by atoms with E-state index in [0.29, 0.717) is 19.4 Å². The predicted molar refractivity (Wildman–Crippen MR) is 121 cm³/mol. The first-order valence-electron chi connectivity index (χ1n) is 12.1. The van der Waals surface area contributed by atoms with E-state index in [-0.39, 0.29) is 30.2 Å². The number of aliphatic hydroxyl groups excluding tert-OH is 1. The average Bonchev–Trinajstić information content (AvgIpc) is 3.26. The number of nitrogens with zero attached hydrogens (tertiary/aromatic N) is 1. The van der Waals surface area contributed by atoms with Gasteiger partial charge in [-0.3, -0.25) is 14.4 Å². The molecule has 3 N–H and O–H groups in total. The second-order valence-electron chi connectivity index (χ2n) is 11.1. The van der Waals surface area contributed by atoms with Gasteiger partial charge in [0.1, 0.15) is 11.6 Å². The molecule has 2 bridgehead atoms. The Morgan fingerprint density at radius 2 is 1.91 bits per heavy atom. The van der Waals surface area contributed by atoms with Gasteiger partial charge in [-0.2, -0.15) is 0 Å². The Labute approximate surface area is 191 Å². The fourth-order valence-corrected chi connectivity index (χ4v) is 6.03. The molecule has 182 valence electrons. The summed E-state index contributed by atoms with van der Waals surface area (Å²) in [5, 5.41) is 16.2. The smallest absolute Gasteiger partial charge is 0.246 e. The first-order chi connectivity index (χ1) is 14.9. The molecule has 0 aromatic carbocycles. The van der Waals surface area contributed by atoms with Crippen LogP contribution < -0.4 is 10.6 Å². The third kappa shape index (κ3) is 3.83. The van der Waals surface area contributed by atoms with Crippen molar-refractivity contribution in [3.8, 4) is 0 Å². The maximum absolute atomic E-state index is 14.0. The molecule has 1 spiro atoms. The highest BCUT2D eigenvalue weighted by molar-refractivity contribution is 5.99. The highest BCUT2D eigenvalue weighted by atomic mass is 16.5. The Bertz CT molecular complexity index is 765. The topological polar surface area (TPSA) is 108 Å². The normalized spacial score (nSPS) is 35.6. The van der Waals surface area contributed by atoms with Crippen molar-refractivity contribution in [2.45, 2.75) is 103 Å². The van der Waals surface area contributed by atoms with Gasteiger partial charge in [-0.05, 0) is 52.9 Å². The molecule has 3 aliphatic rings. The van der Waals surface area contributed by atoms with E-state index in [1.807, 2.05) is 48.5 Å². The number of rotatable bonds is 8. The first-order valence-corrected chi connectivity index (χ1v) is 12.1. The van der Waals surface area contributed by atoms with Crippen LogP contribution in [0.4, 0.5) is 0 Å². The van der Waals surface area contributed by atoms with Crippen LogP contribution in [0.15, 0.2) is 0 Å². The first kappa shape index (κ1) is 25.0. The number of aliphatic hydroxyl groups is 1. The van der Waals surface area contributed by atoms with E-state index < -0.39 is 40.7 Å². The summed E-state index contributed by atoms with van der Waals surface area (Å²) < 4.78 is 6.58. The number of hydrogen-bond acceptors (Lipinski definition) is 5. The lowest BCUT2D eigenvalue weighted by Crippen LogP contribution is -2.61. The van der Waals surface area contributed by atoms with Crippen LogP contribution in [-0.2, 0) is 19.1 Å². The monoisotopic (exact) mass is 451 g/mol. The zero-order valence-electron chi connectivity index (χ0n) is 20.7. The van der Waals surface area contributed by atoms with Crippen molar-refractivity contribution in [2.75, 3.05) is 13.2 Å². The van der Waals surface area contributed by atoms with Crippen molar-refractivity contribution >= 4 is 17.7 Å². The molecule has 0 saturated carbocycles. The molecule has 0 radical (unpaired) electrons. The molecule has 2 unspecified atom stereocenters. The predicted octanol–water partition coefficient (Wildman–Crippen LogP) is 1.60. The second kappa shape index (κ2) is 8.60. The lowest BCUT2D eigenvalue weighted by molar-refractivity contribution is -0.151. The van der Waals surface area contributed by atoms with Crippen LogP contribution in [0.5, 0.6) is 0 Å². The lowest BCUT2D eigenvalue weighted by Gasteiger charge is -2.40. The van der Waals surface area contributed by atoms with Crippen LogP contribution in [0.1, 0.15) is 74.1 Å². The Hall–Kier alpha value is -1.67. The average molecular weight is 452 g/mol. The maximum atomic E-state index is 14.0. The molecule has 3 amide bonds. The van der Waals surface area contributed by atoms with Gasteiger partial charge in [0.15, 0.2) is 0 Å². The van der Waals surface area contributed by atoms with E-state index in [1.165, 1.54) is 0 Å². The Balaban J connectivity index is 2.10. The number of likely N-dealkylation sites (tertiary alicyclic amines) is 1. The van der Waals surface area contributed by atoms with Crippen molar-refractivity contribution in [2.24, 2.45) is 17.8 Å². The molecule has 0 aromatic heterocycles. The Morgan fingerprint density at radius 3 is 2.44 bits per heavy atom. The minimum absolute atomic E-state index is 0.00994. The van der Waals surface area contributed by atoms with Gasteiger partial charge in [0, 0.05) is 12.1 Å². The SMILES string of the molecule is CCCNC(=O)[C@@H]1[C@H]2C(=O)N([C@@H](CO)[C@@H](C)CC)C(C(=O)NC(C)(C)C)C23CC[C@@]1(C)O3. The number of carbonyl (C=O) groups is 3. The van der Waals surface area contributed by atoms with Gasteiger partial charge in [-0.1, -0.05) is 27.2 Å². The van der Waals surface area contributed by atoms with Gasteiger partial charge < -0.3 is 25.4 Å². The fraction of sp³-hybridized carbons (Fsp3) is 0.875. The molecule has 0 aliphatic carbocycles. The molecular weight excluding hydrogens is 410 g/mol. The van der Waals surface area contributed by atoms with Crippen molar-refractivity contribution in [3.05, 3.63) is 0 Å². The summed E-state index contributed by atoms with van der Waals surface area (Å²) in [5.74, 6) is -2.11. The molecular formula is C24H41N3O5. The Kier molecular flexibility index (Phi) is 6.71. The maximum Gasteiger partial charge on any atom is 0.246 e. The minimum Gasteiger partial charge on any atom is -0.394 e. The van der Waals surface area contributed by atoms with Gasteiger partial charge in [0.2, 0.25) is 17.7 Å². The van der Waals surface area contributed by atoms with Gasteiger partial charge in [-0.15, -0.1) is 0 Å². The number of nitrogens with one attached hydrogen (secondary N) is 2. The summed E-state index contributed by atoms with van der Waals surface area (Å²) >= 11 is 0. The van der Waals surface area contributed by atoms with E-state index in [0.717, 1.165) is 12.8 Å². The van der Waals surface area contributed by atoms with Crippen LogP contribution in [0.25, 0.3) is 0 Å². The molecule has 3 saturated heterocycles. The van der Waals surface area contributed by atoms with Crippen LogP contribution in [0.2, 0.25) is 0 Å². The number of ether oxygens (including phenoxy) is 1. The molecule has 3 fully saturated rings. The second-order valence-corrected chi connectivity index (χ2v) is 11.1. The zero-order chi connectivity index (χ0) is 24.1. The van der Waals surface area contributed by atoms with Crippen LogP contribution >= 0.6 is 0 Å². The summed E-state index contributed by atoms with van der Waals surface area (Å²) in [4.78, 5) is 42.4. The summed E-state index contributed by atoms with van der Waals surface area (Å²) in [6.07, 6.45) is 2.69. The number of hydrogen-bond donors (Lipinski definition) is 3. The van der Waals surface area contributed by atoms with Gasteiger partial charge in [0.25, 0.3) is 0 Å². The zero-order valence-corrected chi connectivity index (χ0v) is 20.7. The summed E-state index contributed by atoms with van der Waals surface area (Å²) in [6, 6.07) is -1.39. The fourth-order valence-electron chi connectivity index (χ4n) is 6.03. The summed E-state index contributed by atoms with van der Waals surface area (Å²) in [5.41, 5.74) is -2.34. The minimum atomic E-state index is -1.06. The molecule has 0 aromatic rings. The van der Waals surface area contributed by atoms with Crippen molar-refractivity contribution in [1.29, 1.82) is 0 Å². The molecule has 8 nitrogen and oxygen atoms in total. The highest BCUT2D eigenvalue weighted by Gasteiger charge is 2.78. The van der Waals surface area contributed by atoms with E-state index in [4.69, 9.17) is 4.74 Å². The number of carbonyl (C=O) groups excluding carboxylic acids is 3. The van der Waals surface area contributed by atoms with Gasteiger partial charge in [0.05, 0.1) is 30.1 Å². The van der Waals surface area contributed by atoms with E-state index >= 15 is 0 Å². The number of amides is 3. The summed E-state index contributed by atoms with van der Waals surface area (Å²) in [7, 11) is 0. The molecule has 3 heterocycles. The van der Waals surface area contributed by atoms with Crippen molar-refractivity contribution < 1.29 is 24.2 Å². The van der Waals surface area contributed by atoms with Crippen LogP contribution in [-0.4, -0.2) is 69.7 Å². The number of fused-ring (bicyclic) bond motifs is 1. The molecule has 8 heteroatoms. The molecule has 32 heavy (non-hydrogen) atoms. The molecule has 3 aliphatic heterocycles. The van der Waals surface area contributed by atoms with Gasteiger partial charge >= 0.3 is 0 Å². The standard InChI is InChI=1S/C24H41N3O5/c1-8-12-25-19(29)16-17-21(31)27(15(13-28)14(3)9-2)18(20(30)26-22(4,5)6)24(17)11-10-23(16,7)32-24/h14-18,28H,8-13H2,1-7H3,(H,25,29)(H,26,30)/t14-,15-,16-,17-,18?,23+,24?/m0/s1. The quantitative estimate of drug-likeness (QED) is 0.520. The summed E-state index contributed by atoms with van der Waals surface area (Å²) in [6.45, 7) is 13.8. The van der Waals surface area contributed by atoms with Crippen molar-refractivity contribution in [3.63, 3.8) is 0 Å². The van der Waals surface area contributed by atoms with E-state index in [9.17, 15) is 19.5 Å². The lowest BCUT2D eigenvalue weighted by atomic mass is 9.66. The molecule has 7 atom stereocenters. The molecule has 3 rings (SSSR count). The third-order valence-electron chi connectivity index (χ3n) is 7.64. The van der Waals surface area contributed by atoms with E-state index in [1.54, 1.807) is 4.90 Å². The van der Waals surface area contributed by atoms with Crippen LogP contribution in [0.3, 0.4) is 0 Å². The Morgan fingerprint density at radius 1 is 1.25 bits per heavy atom. The van der Waals surface area contributed by atoms with Gasteiger partial charge in [-0.25, -0.2) is 0 Å². The van der Waals surface area contributed by atoms with Crippen molar-refractivity contribution in [1.82, 2.24) is 15.5 Å².